The second-order valence-corrected chi connectivity index (χ2v) is 7.97. The number of carbonyl (C=O) groups excluding carboxylic acids is 1. The van der Waals surface area contributed by atoms with Crippen LogP contribution in [-0.4, -0.2) is 44.2 Å². The van der Waals surface area contributed by atoms with Gasteiger partial charge in [0.05, 0.1) is 5.75 Å². The maximum atomic E-state index is 12.6. The molecule has 5 nitrogen and oxygen atoms in total. The van der Waals surface area contributed by atoms with Crippen molar-refractivity contribution >= 4 is 28.8 Å². The normalized spacial score (nSPS) is 16.9. The molecule has 3 aromatic rings. The number of likely N-dealkylation sites (tertiary alicyclic amines) is 1. The van der Waals surface area contributed by atoms with E-state index in [1.54, 1.807) is 11.8 Å². The van der Waals surface area contributed by atoms with Gasteiger partial charge < -0.3 is 9.47 Å². The van der Waals surface area contributed by atoms with Crippen LogP contribution < -0.4 is 0 Å². The Labute approximate surface area is 163 Å². The zero-order valence-corrected chi connectivity index (χ0v) is 16.4. The molecule has 140 valence electrons. The van der Waals surface area contributed by atoms with Crippen molar-refractivity contribution < 1.29 is 4.79 Å². The predicted octanol–water partition coefficient (Wildman–Crippen LogP) is 3.63. The summed E-state index contributed by atoms with van der Waals surface area (Å²) < 4.78 is 2.20. The summed E-state index contributed by atoms with van der Waals surface area (Å²) in [6.07, 6.45) is 3.77. The number of carbonyl (C=O) groups is 1. The molecule has 0 bridgehead atoms. The molecule has 0 unspecified atom stereocenters. The number of amides is 1. The summed E-state index contributed by atoms with van der Waals surface area (Å²) in [4.78, 5) is 25.0. The lowest BCUT2D eigenvalue weighted by molar-refractivity contribution is -0.127. The molecule has 6 heteroatoms. The highest BCUT2D eigenvalue weighted by molar-refractivity contribution is 8.00. The fourth-order valence-electron chi connectivity index (χ4n) is 3.73. The highest BCUT2D eigenvalue weighted by atomic mass is 32.2. The van der Waals surface area contributed by atoms with E-state index in [4.69, 9.17) is 4.98 Å². The Morgan fingerprint density at radius 1 is 1.22 bits per heavy atom. The van der Waals surface area contributed by atoms with Gasteiger partial charge in [-0.25, -0.2) is 9.97 Å². The number of imidazole rings is 1. The Kier molecular flexibility index (Phi) is 5.43. The number of hydrogen-bond donors (Lipinski definition) is 0. The summed E-state index contributed by atoms with van der Waals surface area (Å²) in [6, 6.07) is 14.1. The first kappa shape index (κ1) is 18.0. The van der Waals surface area contributed by atoms with Crippen LogP contribution in [0.5, 0.6) is 0 Å². The number of hydrogen-bond acceptors (Lipinski definition) is 4. The lowest BCUT2D eigenvalue weighted by atomic mass is 10.0. The average molecular weight is 381 g/mol. The topological polar surface area (TPSA) is 51.0 Å². The third kappa shape index (κ3) is 4.00. The van der Waals surface area contributed by atoms with E-state index >= 15 is 0 Å². The van der Waals surface area contributed by atoms with E-state index in [1.165, 1.54) is 0 Å². The van der Waals surface area contributed by atoms with Gasteiger partial charge in [0.15, 0.2) is 5.65 Å². The second-order valence-electron chi connectivity index (χ2n) is 6.92. The van der Waals surface area contributed by atoms with Crippen molar-refractivity contribution in [2.24, 2.45) is 5.92 Å². The molecule has 1 aromatic carbocycles. The second kappa shape index (κ2) is 8.13. The van der Waals surface area contributed by atoms with Crippen LogP contribution in [0.3, 0.4) is 0 Å². The van der Waals surface area contributed by atoms with Crippen LogP contribution in [0.1, 0.15) is 19.2 Å². The minimum absolute atomic E-state index is 0.233. The van der Waals surface area contributed by atoms with Gasteiger partial charge in [0.1, 0.15) is 11.3 Å². The van der Waals surface area contributed by atoms with Crippen molar-refractivity contribution in [3.05, 3.63) is 54.5 Å². The summed E-state index contributed by atoms with van der Waals surface area (Å²) >= 11 is 1.61. The molecule has 1 atom stereocenters. The highest BCUT2D eigenvalue weighted by Crippen LogP contribution is 2.24. The van der Waals surface area contributed by atoms with E-state index in [1.807, 2.05) is 53.6 Å². The average Bonchev–Trinajstić information content (AvgIpc) is 3.31. The molecule has 1 amide bonds. The van der Waals surface area contributed by atoms with Gasteiger partial charge in [-0.15, -0.1) is 11.8 Å². The maximum absolute atomic E-state index is 12.6. The van der Waals surface area contributed by atoms with Crippen molar-refractivity contribution in [3.8, 4) is 0 Å². The van der Waals surface area contributed by atoms with E-state index in [0.717, 1.165) is 54.4 Å². The molecule has 1 aliphatic heterocycles. The lowest BCUT2D eigenvalue weighted by Crippen LogP contribution is -2.30. The van der Waals surface area contributed by atoms with Crippen LogP contribution >= 0.6 is 11.8 Å². The molecule has 0 N–H and O–H groups in total. The van der Waals surface area contributed by atoms with Gasteiger partial charge in [-0.3, -0.25) is 4.79 Å². The van der Waals surface area contributed by atoms with Crippen molar-refractivity contribution in [2.75, 3.05) is 18.8 Å². The minimum Gasteiger partial charge on any atom is -0.342 e. The predicted molar refractivity (Wildman–Crippen MR) is 109 cm³/mol. The van der Waals surface area contributed by atoms with Gasteiger partial charge in [-0.05, 0) is 43.5 Å². The molecular weight excluding hydrogens is 356 g/mol. The Balaban J connectivity index is 1.36. The number of aromatic nitrogens is 3. The molecule has 0 radical (unpaired) electrons. The van der Waals surface area contributed by atoms with Crippen LogP contribution in [0.4, 0.5) is 0 Å². The zero-order chi connectivity index (χ0) is 18.6. The number of rotatable bonds is 6. The van der Waals surface area contributed by atoms with Crippen molar-refractivity contribution in [3.63, 3.8) is 0 Å². The van der Waals surface area contributed by atoms with Crippen LogP contribution in [0.15, 0.2) is 53.6 Å². The Hall–Kier alpha value is -2.34. The zero-order valence-electron chi connectivity index (χ0n) is 15.5. The number of pyridine rings is 1. The molecule has 0 saturated carbocycles. The van der Waals surface area contributed by atoms with Gasteiger partial charge in [0, 0.05) is 37.1 Å². The molecule has 1 aliphatic rings. The molecule has 2 aromatic heterocycles. The van der Waals surface area contributed by atoms with Crippen LogP contribution in [0.25, 0.3) is 11.2 Å². The van der Waals surface area contributed by atoms with E-state index < -0.39 is 0 Å². The SMILES string of the molecule is CCn1c(C[C@H]2CCN(C(=O)CSc3ccccc3)C2)nc2cccnc21. The quantitative estimate of drug-likeness (QED) is 0.613. The summed E-state index contributed by atoms with van der Waals surface area (Å²) in [5, 5.41) is 0. The van der Waals surface area contributed by atoms with E-state index in [0.29, 0.717) is 11.7 Å². The Bertz CT molecular complexity index is 924. The fraction of sp³-hybridized carbons (Fsp3) is 0.381. The first-order valence-electron chi connectivity index (χ1n) is 9.50. The third-order valence-electron chi connectivity index (χ3n) is 5.11. The first-order valence-corrected chi connectivity index (χ1v) is 10.5. The van der Waals surface area contributed by atoms with Crippen molar-refractivity contribution in [1.29, 1.82) is 0 Å². The number of nitrogens with zero attached hydrogens (tertiary/aromatic N) is 4. The van der Waals surface area contributed by atoms with Crippen LogP contribution in [0, 0.1) is 5.92 Å². The van der Waals surface area contributed by atoms with Crippen LogP contribution in [-0.2, 0) is 17.8 Å². The number of benzene rings is 1. The molecule has 3 heterocycles. The monoisotopic (exact) mass is 380 g/mol. The van der Waals surface area contributed by atoms with Gasteiger partial charge >= 0.3 is 0 Å². The Morgan fingerprint density at radius 3 is 2.89 bits per heavy atom. The summed E-state index contributed by atoms with van der Waals surface area (Å²) in [6.45, 7) is 4.68. The lowest BCUT2D eigenvalue weighted by Gasteiger charge is -2.16. The minimum atomic E-state index is 0.233. The first-order chi connectivity index (χ1) is 13.2. The smallest absolute Gasteiger partial charge is 0.232 e. The molecule has 4 rings (SSSR count). The largest absolute Gasteiger partial charge is 0.342 e. The van der Waals surface area contributed by atoms with E-state index in [9.17, 15) is 4.79 Å². The summed E-state index contributed by atoms with van der Waals surface area (Å²) in [5.74, 6) is 2.30. The highest BCUT2D eigenvalue weighted by Gasteiger charge is 2.27. The molecule has 1 fully saturated rings. The number of fused-ring (bicyclic) bond motifs is 1. The summed E-state index contributed by atoms with van der Waals surface area (Å²) in [7, 11) is 0. The molecule has 1 saturated heterocycles. The number of aryl methyl sites for hydroxylation is 1. The van der Waals surface area contributed by atoms with Gasteiger partial charge in [-0.2, -0.15) is 0 Å². The van der Waals surface area contributed by atoms with Gasteiger partial charge in [-0.1, -0.05) is 18.2 Å². The number of thioether (sulfide) groups is 1. The Morgan fingerprint density at radius 2 is 2.07 bits per heavy atom. The third-order valence-corrected chi connectivity index (χ3v) is 6.11. The molecule has 27 heavy (non-hydrogen) atoms. The molecular formula is C21H24N4OS. The van der Waals surface area contributed by atoms with Gasteiger partial charge in [0.2, 0.25) is 5.91 Å². The molecule has 0 aliphatic carbocycles. The van der Waals surface area contributed by atoms with Crippen molar-refractivity contribution in [2.45, 2.75) is 31.2 Å². The summed E-state index contributed by atoms with van der Waals surface area (Å²) in [5.41, 5.74) is 1.92. The van der Waals surface area contributed by atoms with E-state index in [2.05, 4.69) is 16.5 Å². The van der Waals surface area contributed by atoms with Crippen molar-refractivity contribution in [1.82, 2.24) is 19.4 Å². The van der Waals surface area contributed by atoms with E-state index in [-0.39, 0.29) is 5.91 Å². The standard InChI is InChI=1S/C21H24N4OS/c1-2-25-19(23-18-9-6-11-22-21(18)25)13-16-10-12-24(14-16)20(26)15-27-17-7-4-3-5-8-17/h3-9,11,16H,2,10,12-15H2,1H3/t16-/m1/s1. The maximum Gasteiger partial charge on any atom is 0.232 e. The molecule has 0 spiro atoms. The fourth-order valence-corrected chi connectivity index (χ4v) is 4.55. The van der Waals surface area contributed by atoms with Crippen LogP contribution in [0.2, 0.25) is 0 Å². The van der Waals surface area contributed by atoms with Gasteiger partial charge in [0.25, 0.3) is 0 Å².